The Hall–Kier alpha value is -2.31. The number of nitrogens with one attached hydrogen (secondary N) is 1. The van der Waals surface area contributed by atoms with Crippen LogP contribution in [0.3, 0.4) is 0 Å². The molecule has 2 aliphatic rings. The maximum atomic E-state index is 12.2. The van der Waals surface area contributed by atoms with Gasteiger partial charge in [-0.2, -0.15) is 0 Å². The molecule has 2 aliphatic heterocycles. The monoisotopic (exact) mass is 346 g/mol. The molecule has 1 aromatic heterocycles. The number of nitrogens with zero attached hydrogens (tertiary/aromatic N) is 3. The normalized spacial score (nSPS) is 17.4. The van der Waals surface area contributed by atoms with E-state index < -0.39 is 6.09 Å². The van der Waals surface area contributed by atoms with E-state index in [2.05, 4.69) is 10.3 Å². The Labute approximate surface area is 148 Å². The van der Waals surface area contributed by atoms with Gasteiger partial charge in [-0.15, -0.1) is 0 Å². The summed E-state index contributed by atoms with van der Waals surface area (Å²) < 4.78 is 0. The summed E-state index contributed by atoms with van der Waals surface area (Å²) in [5, 5.41) is 11.9. The van der Waals surface area contributed by atoms with Gasteiger partial charge in [-0.05, 0) is 42.4 Å². The molecule has 0 saturated carbocycles. The quantitative estimate of drug-likeness (QED) is 0.803. The molecule has 136 valence electrons. The molecule has 0 atom stereocenters. The van der Waals surface area contributed by atoms with Crippen molar-refractivity contribution in [3.63, 3.8) is 0 Å². The lowest BCUT2D eigenvalue weighted by Crippen LogP contribution is -2.37. The predicted molar refractivity (Wildman–Crippen MR) is 93.1 cm³/mol. The van der Waals surface area contributed by atoms with E-state index in [0.717, 1.165) is 37.7 Å². The largest absolute Gasteiger partial charge is 0.465 e. The average molecular weight is 346 g/mol. The van der Waals surface area contributed by atoms with Crippen molar-refractivity contribution < 1.29 is 14.7 Å². The molecule has 0 aliphatic carbocycles. The molecule has 3 heterocycles. The Morgan fingerprint density at radius 3 is 2.64 bits per heavy atom. The van der Waals surface area contributed by atoms with Gasteiger partial charge in [-0.25, -0.2) is 9.59 Å². The molecule has 0 bridgehead atoms. The first-order chi connectivity index (χ1) is 12.1. The highest BCUT2D eigenvalue weighted by Crippen LogP contribution is 2.23. The summed E-state index contributed by atoms with van der Waals surface area (Å²) in [5.41, 5.74) is 2.31. The standard InChI is InChI=1S/C18H26N4O3/c23-17(22-12-15-4-8-19-11-16(15)13-22)20-7-2-1-3-14-5-9-21(10-6-14)18(24)25/h4,8,11,14H,1-3,5-7,9-10,12-13H2,(H,20,23)(H,24,25). The van der Waals surface area contributed by atoms with E-state index in [4.69, 9.17) is 5.11 Å². The smallest absolute Gasteiger partial charge is 0.407 e. The minimum absolute atomic E-state index is 0.00836. The van der Waals surface area contributed by atoms with Gasteiger partial charge in [0.05, 0.1) is 0 Å². The second kappa shape index (κ2) is 8.18. The van der Waals surface area contributed by atoms with Crippen LogP contribution < -0.4 is 5.32 Å². The number of aromatic nitrogens is 1. The number of amides is 3. The fourth-order valence-corrected chi connectivity index (χ4v) is 3.64. The Kier molecular flexibility index (Phi) is 5.73. The molecule has 1 fully saturated rings. The SMILES string of the molecule is O=C(O)N1CCC(CCCCNC(=O)N2Cc3ccncc3C2)CC1. The van der Waals surface area contributed by atoms with Gasteiger partial charge in [-0.3, -0.25) is 4.98 Å². The molecular formula is C18H26N4O3. The molecule has 3 rings (SSSR count). The number of hydrogen-bond donors (Lipinski definition) is 2. The lowest BCUT2D eigenvalue weighted by molar-refractivity contribution is 0.122. The molecule has 2 N–H and O–H groups in total. The molecule has 0 spiro atoms. The third-order valence-electron chi connectivity index (χ3n) is 5.21. The Bertz CT molecular complexity index is 589. The highest BCUT2D eigenvalue weighted by Gasteiger charge is 2.23. The van der Waals surface area contributed by atoms with Crippen LogP contribution in [0.25, 0.3) is 0 Å². The number of carbonyl (C=O) groups excluding carboxylic acids is 1. The van der Waals surface area contributed by atoms with Crippen molar-refractivity contribution in [2.24, 2.45) is 5.92 Å². The van der Waals surface area contributed by atoms with Gasteiger partial charge in [-0.1, -0.05) is 12.8 Å². The third kappa shape index (κ3) is 4.61. The van der Waals surface area contributed by atoms with Gasteiger partial charge < -0.3 is 20.2 Å². The van der Waals surface area contributed by atoms with Crippen molar-refractivity contribution in [2.45, 2.75) is 45.2 Å². The number of urea groups is 1. The molecule has 7 nitrogen and oxygen atoms in total. The lowest BCUT2D eigenvalue weighted by atomic mass is 9.92. The van der Waals surface area contributed by atoms with Gasteiger partial charge in [0.2, 0.25) is 0 Å². The highest BCUT2D eigenvalue weighted by molar-refractivity contribution is 5.74. The second-order valence-corrected chi connectivity index (χ2v) is 6.94. The first kappa shape index (κ1) is 17.5. The topological polar surface area (TPSA) is 85.8 Å². The summed E-state index contributed by atoms with van der Waals surface area (Å²) in [4.78, 5) is 30.5. The van der Waals surface area contributed by atoms with Crippen molar-refractivity contribution >= 4 is 12.1 Å². The molecule has 0 unspecified atom stereocenters. The van der Waals surface area contributed by atoms with Crippen molar-refractivity contribution in [3.8, 4) is 0 Å². The molecular weight excluding hydrogens is 320 g/mol. The first-order valence-corrected chi connectivity index (χ1v) is 9.06. The van der Waals surface area contributed by atoms with Crippen LogP contribution in [0.15, 0.2) is 18.5 Å². The van der Waals surface area contributed by atoms with E-state index in [1.165, 1.54) is 10.5 Å². The maximum Gasteiger partial charge on any atom is 0.407 e. The number of fused-ring (bicyclic) bond motifs is 1. The van der Waals surface area contributed by atoms with E-state index >= 15 is 0 Å². The third-order valence-corrected chi connectivity index (χ3v) is 5.21. The molecule has 0 radical (unpaired) electrons. The zero-order chi connectivity index (χ0) is 17.6. The average Bonchev–Trinajstić information content (AvgIpc) is 3.06. The van der Waals surface area contributed by atoms with Crippen molar-refractivity contribution in [3.05, 3.63) is 29.6 Å². The van der Waals surface area contributed by atoms with Crippen molar-refractivity contribution in [1.29, 1.82) is 0 Å². The van der Waals surface area contributed by atoms with Gasteiger partial charge in [0.15, 0.2) is 0 Å². The Morgan fingerprint density at radius 2 is 1.92 bits per heavy atom. The summed E-state index contributed by atoms with van der Waals surface area (Å²) in [6, 6.07) is 1.96. The van der Waals surface area contributed by atoms with Crippen LogP contribution in [-0.2, 0) is 13.1 Å². The maximum absolute atomic E-state index is 12.2. The van der Waals surface area contributed by atoms with E-state index in [0.29, 0.717) is 38.6 Å². The summed E-state index contributed by atoms with van der Waals surface area (Å²) >= 11 is 0. The van der Waals surface area contributed by atoms with Gasteiger partial charge in [0, 0.05) is 45.1 Å². The van der Waals surface area contributed by atoms with E-state index in [1.54, 1.807) is 6.20 Å². The summed E-state index contributed by atoms with van der Waals surface area (Å²) in [5.74, 6) is 0.617. The Morgan fingerprint density at radius 1 is 1.16 bits per heavy atom. The molecule has 7 heteroatoms. The van der Waals surface area contributed by atoms with Crippen LogP contribution in [0, 0.1) is 5.92 Å². The second-order valence-electron chi connectivity index (χ2n) is 6.94. The number of hydrogen-bond acceptors (Lipinski definition) is 3. The van der Waals surface area contributed by atoms with Crippen LogP contribution in [0.5, 0.6) is 0 Å². The number of pyridine rings is 1. The number of likely N-dealkylation sites (tertiary alicyclic amines) is 1. The molecule has 25 heavy (non-hydrogen) atoms. The van der Waals surface area contributed by atoms with Crippen molar-refractivity contribution in [1.82, 2.24) is 20.1 Å². The Balaban J connectivity index is 1.27. The molecule has 1 saturated heterocycles. The van der Waals surface area contributed by atoms with Crippen LogP contribution in [0.2, 0.25) is 0 Å². The van der Waals surface area contributed by atoms with Crippen LogP contribution in [0.4, 0.5) is 9.59 Å². The lowest BCUT2D eigenvalue weighted by Gasteiger charge is -2.29. The number of piperidine rings is 1. The minimum atomic E-state index is -0.805. The minimum Gasteiger partial charge on any atom is -0.465 e. The summed E-state index contributed by atoms with van der Waals surface area (Å²) in [7, 11) is 0. The molecule has 1 aromatic rings. The first-order valence-electron chi connectivity index (χ1n) is 9.06. The van der Waals surface area contributed by atoms with Crippen LogP contribution in [-0.4, -0.2) is 51.6 Å². The highest BCUT2D eigenvalue weighted by atomic mass is 16.4. The van der Waals surface area contributed by atoms with E-state index in [1.807, 2.05) is 17.2 Å². The zero-order valence-electron chi connectivity index (χ0n) is 14.5. The van der Waals surface area contributed by atoms with Crippen LogP contribution in [0.1, 0.15) is 43.2 Å². The summed E-state index contributed by atoms with van der Waals surface area (Å²) in [6.45, 7) is 3.29. The number of carboxylic acid groups (broad SMARTS) is 1. The van der Waals surface area contributed by atoms with Gasteiger partial charge >= 0.3 is 12.1 Å². The number of unbranched alkanes of at least 4 members (excludes halogenated alkanes) is 1. The van der Waals surface area contributed by atoms with E-state index in [9.17, 15) is 9.59 Å². The summed E-state index contributed by atoms with van der Waals surface area (Å²) in [6.07, 6.45) is 7.86. The zero-order valence-corrected chi connectivity index (χ0v) is 14.5. The molecule has 0 aromatic carbocycles. The fourth-order valence-electron chi connectivity index (χ4n) is 3.64. The fraction of sp³-hybridized carbons (Fsp3) is 0.611. The van der Waals surface area contributed by atoms with Crippen LogP contribution >= 0.6 is 0 Å². The number of rotatable bonds is 5. The van der Waals surface area contributed by atoms with Gasteiger partial charge in [0.1, 0.15) is 0 Å². The van der Waals surface area contributed by atoms with Gasteiger partial charge in [0.25, 0.3) is 0 Å². The van der Waals surface area contributed by atoms with Crippen molar-refractivity contribution in [2.75, 3.05) is 19.6 Å². The number of carbonyl (C=O) groups is 2. The molecule has 3 amide bonds. The van der Waals surface area contributed by atoms with E-state index in [-0.39, 0.29) is 6.03 Å². The predicted octanol–water partition coefficient (Wildman–Crippen LogP) is 2.67.